The molecule has 0 atom stereocenters. The molecule has 0 bridgehead atoms. The average molecular weight is 325 g/mol. The van der Waals surface area contributed by atoms with Gasteiger partial charge in [0.05, 0.1) is 0 Å². The second-order valence-corrected chi connectivity index (χ2v) is 5.79. The Bertz CT molecular complexity index is 548. The molecule has 1 heterocycles. The molecule has 5 nitrogen and oxygen atoms in total. The second kappa shape index (κ2) is 8.03. The van der Waals surface area contributed by atoms with Crippen molar-refractivity contribution in [2.24, 2.45) is 0 Å². The molecule has 1 fully saturated rings. The van der Waals surface area contributed by atoms with Crippen LogP contribution in [-0.2, 0) is 9.59 Å². The summed E-state index contributed by atoms with van der Waals surface area (Å²) < 4.78 is 5.42. The smallest absolute Gasteiger partial charge is 0.257 e. The van der Waals surface area contributed by atoms with Gasteiger partial charge in [-0.3, -0.25) is 9.59 Å². The SMILES string of the molecule is Cc1cc(OCC(=O)NCCCN2CCCC2=O)ccc1Cl. The van der Waals surface area contributed by atoms with Gasteiger partial charge in [0.25, 0.3) is 5.91 Å². The van der Waals surface area contributed by atoms with E-state index in [1.165, 1.54) is 0 Å². The number of halogens is 1. The summed E-state index contributed by atoms with van der Waals surface area (Å²) >= 11 is 5.93. The number of aryl methyl sites for hydroxylation is 1. The van der Waals surface area contributed by atoms with E-state index in [0.717, 1.165) is 24.9 Å². The Morgan fingerprint density at radius 3 is 2.95 bits per heavy atom. The van der Waals surface area contributed by atoms with Gasteiger partial charge in [0.1, 0.15) is 5.75 Å². The van der Waals surface area contributed by atoms with Gasteiger partial charge in [-0.2, -0.15) is 0 Å². The van der Waals surface area contributed by atoms with E-state index in [0.29, 0.717) is 30.3 Å². The largest absolute Gasteiger partial charge is 0.484 e. The Balaban J connectivity index is 1.61. The van der Waals surface area contributed by atoms with Gasteiger partial charge in [-0.25, -0.2) is 0 Å². The minimum atomic E-state index is -0.166. The minimum Gasteiger partial charge on any atom is -0.484 e. The first kappa shape index (κ1) is 16.6. The summed E-state index contributed by atoms with van der Waals surface area (Å²) in [5.41, 5.74) is 0.912. The van der Waals surface area contributed by atoms with E-state index in [1.807, 2.05) is 11.8 Å². The predicted octanol–water partition coefficient (Wildman–Crippen LogP) is 2.16. The number of amides is 2. The Morgan fingerprint density at radius 2 is 2.27 bits per heavy atom. The molecule has 1 aromatic carbocycles. The van der Waals surface area contributed by atoms with Crippen molar-refractivity contribution in [3.05, 3.63) is 28.8 Å². The summed E-state index contributed by atoms with van der Waals surface area (Å²) in [7, 11) is 0. The van der Waals surface area contributed by atoms with Crippen LogP contribution in [0.2, 0.25) is 5.02 Å². The number of nitrogens with zero attached hydrogens (tertiary/aromatic N) is 1. The van der Waals surface area contributed by atoms with Gasteiger partial charge in [-0.1, -0.05) is 11.6 Å². The van der Waals surface area contributed by atoms with E-state index >= 15 is 0 Å². The maximum absolute atomic E-state index is 11.7. The molecule has 0 spiro atoms. The van der Waals surface area contributed by atoms with Crippen molar-refractivity contribution >= 4 is 23.4 Å². The first-order chi connectivity index (χ1) is 10.6. The van der Waals surface area contributed by atoms with Crippen molar-refractivity contribution in [3.63, 3.8) is 0 Å². The van der Waals surface area contributed by atoms with Crippen LogP contribution in [0.25, 0.3) is 0 Å². The normalized spacial score (nSPS) is 14.3. The topological polar surface area (TPSA) is 58.6 Å². The summed E-state index contributed by atoms with van der Waals surface area (Å²) in [4.78, 5) is 25.0. The van der Waals surface area contributed by atoms with Gasteiger partial charge < -0.3 is 15.0 Å². The van der Waals surface area contributed by atoms with Gasteiger partial charge >= 0.3 is 0 Å². The zero-order chi connectivity index (χ0) is 15.9. The number of nitrogens with one attached hydrogen (secondary N) is 1. The zero-order valence-electron chi connectivity index (χ0n) is 12.7. The molecule has 0 aliphatic carbocycles. The highest BCUT2D eigenvalue weighted by atomic mass is 35.5. The molecule has 120 valence electrons. The third-order valence-corrected chi connectivity index (χ3v) is 4.02. The Hall–Kier alpha value is -1.75. The standard InChI is InChI=1S/C16H21ClN2O3/c1-12-10-13(5-6-14(12)17)22-11-15(20)18-7-3-9-19-8-2-4-16(19)21/h5-6,10H,2-4,7-9,11H2,1H3,(H,18,20). The van der Waals surface area contributed by atoms with Crippen LogP contribution in [-0.4, -0.2) is 43.0 Å². The lowest BCUT2D eigenvalue weighted by molar-refractivity contribution is -0.127. The van der Waals surface area contributed by atoms with Gasteiger partial charge in [-0.05, 0) is 43.5 Å². The molecular formula is C16H21ClN2O3. The summed E-state index contributed by atoms with van der Waals surface area (Å²) in [6, 6.07) is 5.29. The molecule has 22 heavy (non-hydrogen) atoms. The monoisotopic (exact) mass is 324 g/mol. The van der Waals surface area contributed by atoms with E-state index in [-0.39, 0.29) is 18.4 Å². The molecule has 0 aromatic heterocycles. The fourth-order valence-corrected chi connectivity index (χ4v) is 2.46. The van der Waals surface area contributed by atoms with Crippen LogP contribution in [0.3, 0.4) is 0 Å². The second-order valence-electron chi connectivity index (χ2n) is 5.39. The van der Waals surface area contributed by atoms with Crippen LogP contribution in [0.15, 0.2) is 18.2 Å². The predicted molar refractivity (Wildman–Crippen MR) is 85.1 cm³/mol. The summed E-state index contributed by atoms with van der Waals surface area (Å²) in [5, 5.41) is 3.46. The third kappa shape index (κ3) is 4.91. The third-order valence-electron chi connectivity index (χ3n) is 3.60. The van der Waals surface area contributed by atoms with Crippen LogP contribution in [0.5, 0.6) is 5.75 Å². The number of ether oxygens (including phenoxy) is 1. The number of hydrogen-bond acceptors (Lipinski definition) is 3. The first-order valence-electron chi connectivity index (χ1n) is 7.49. The van der Waals surface area contributed by atoms with Crippen LogP contribution in [0.4, 0.5) is 0 Å². The minimum absolute atomic E-state index is 0.0241. The van der Waals surface area contributed by atoms with Crippen LogP contribution in [0.1, 0.15) is 24.8 Å². The quantitative estimate of drug-likeness (QED) is 0.782. The van der Waals surface area contributed by atoms with Crippen molar-refractivity contribution in [2.75, 3.05) is 26.2 Å². The highest BCUT2D eigenvalue weighted by Gasteiger charge is 2.18. The number of carbonyl (C=O) groups excluding carboxylic acids is 2. The van der Waals surface area contributed by atoms with E-state index < -0.39 is 0 Å². The molecule has 1 aromatic rings. The fraction of sp³-hybridized carbons (Fsp3) is 0.500. The molecule has 1 N–H and O–H groups in total. The summed E-state index contributed by atoms with van der Waals surface area (Å²) in [5.74, 6) is 0.674. The van der Waals surface area contributed by atoms with Crippen molar-refractivity contribution in [1.29, 1.82) is 0 Å². The number of likely N-dealkylation sites (tertiary alicyclic amines) is 1. The fourth-order valence-electron chi connectivity index (χ4n) is 2.35. The van der Waals surface area contributed by atoms with E-state index in [2.05, 4.69) is 5.32 Å². The van der Waals surface area contributed by atoms with Gasteiger partial charge in [0, 0.05) is 31.1 Å². The molecule has 2 rings (SSSR count). The van der Waals surface area contributed by atoms with Crippen LogP contribution >= 0.6 is 11.6 Å². The lowest BCUT2D eigenvalue weighted by atomic mass is 10.2. The number of hydrogen-bond donors (Lipinski definition) is 1. The average Bonchev–Trinajstić information content (AvgIpc) is 2.90. The van der Waals surface area contributed by atoms with E-state index in [9.17, 15) is 9.59 Å². The Labute approximate surface area is 135 Å². The maximum Gasteiger partial charge on any atom is 0.257 e. The van der Waals surface area contributed by atoms with Crippen LogP contribution in [0, 0.1) is 6.92 Å². The van der Waals surface area contributed by atoms with Crippen molar-refractivity contribution in [1.82, 2.24) is 10.2 Å². The summed E-state index contributed by atoms with van der Waals surface area (Å²) in [6.45, 7) is 3.95. The Kier molecular flexibility index (Phi) is 6.07. The molecular weight excluding hydrogens is 304 g/mol. The zero-order valence-corrected chi connectivity index (χ0v) is 13.5. The van der Waals surface area contributed by atoms with Gasteiger partial charge in [-0.15, -0.1) is 0 Å². The van der Waals surface area contributed by atoms with Gasteiger partial charge in [0.15, 0.2) is 6.61 Å². The number of benzene rings is 1. The lowest BCUT2D eigenvalue weighted by Crippen LogP contribution is -2.33. The first-order valence-corrected chi connectivity index (χ1v) is 7.87. The molecule has 0 unspecified atom stereocenters. The Morgan fingerprint density at radius 1 is 1.45 bits per heavy atom. The molecule has 0 radical (unpaired) electrons. The molecule has 1 aliphatic heterocycles. The van der Waals surface area contributed by atoms with Crippen molar-refractivity contribution in [3.8, 4) is 5.75 Å². The van der Waals surface area contributed by atoms with E-state index in [1.54, 1.807) is 18.2 Å². The van der Waals surface area contributed by atoms with Gasteiger partial charge in [0.2, 0.25) is 5.91 Å². The molecule has 1 aliphatic rings. The lowest BCUT2D eigenvalue weighted by Gasteiger charge is -2.15. The maximum atomic E-state index is 11.7. The molecule has 0 saturated carbocycles. The molecule has 6 heteroatoms. The van der Waals surface area contributed by atoms with Crippen molar-refractivity contribution < 1.29 is 14.3 Å². The summed E-state index contributed by atoms with van der Waals surface area (Å²) in [6.07, 6.45) is 2.36. The van der Waals surface area contributed by atoms with Crippen LogP contribution < -0.4 is 10.1 Å². The molecule has 1 saturated heterocycles. The number of rotatable bonds is 7. The number of carbonyl (C=O) groups is 2. The molecule has 2 amide bonds. The highest BCUT2D eigenvalue weighted by Crippen LogP contribution is 2.20. The highest BCUT2D eigenvalue weighted by molar-refractivity contribution is 6.31. The van der Waals surface area contributed by atoms with Crippen molar-refractivity contribution in [2.45, 2.75) is 26.2 Å². The van der Waals surface area contributed by atoms with E-state index in [4.69, 9.17) is 16.3 Å².